The summed E-state index contributed by atoms with van der Waals surface area (Å²) < 4.78 is 19.2. The Morgan fingerprint density at radius 2 is 0.878 bits per heavy atom. The van der Waals surface area contributed by atoms with Gasteiger partial charge in [-0.15, -0.1) is 0 Å². The first kappa shape index (κ1) is 28.5. The lowest BCUT2D eigenvalue weighted by atomic mass is 9.80. The van der Waals surface area contributed by atoms with E-state index in [1.807, 2.05) is 115 Å². The topological polar surface area (TPSA) is 47.9 Å². The van der Waals surface area contributed by atoms with Crippen molar-refractivity contribution in [2.24, 2.45) is 0 Å². The maximum Gasteiger partial charge on any atom is 0.143 e. The molecule has 0 unspecified atom stereocenters. The van der Waals surface area contributed by atoms with E-state index in [-0.39, 0.29) is 13.2 Å². The van der Waals surface area contributed by atoms with Gasteiger partial charge in [0.2, 0.25) is 0 Å². The molecular weight excluding hydrogens is 508 g/mol. The van der Waals surface area contributed by atoms with E-state index in [1.165, 1.54) is 0 Å². The summed E-state index contributed by atoms with van der Waals surface area (Å²) in [6, 6.07) is 50.4. The van der Waals surface area contributed by atoms with Crippen molar-refractivity contribution in [3.8, 4) is 0 Å². The zero-order chi connectivity index (χ0) is 28.2. The monoisotopic (exact) mass is 544 g/mol. The van der Waals surface area contributed by atoms with Crippen LogP contribution < -0.4 is 0 Å². The van der Waals surface area contributed by atoms with Crippen molar-refractivity contribution in [3.63, 3.8) is 0 Å². The molecule has 2 atom stereocenters. The van der Waals surface area contributed by atoms with E-state index in [0.29, 0.717) is 13.2 Å². The fraction of sp³-hybridized carbons (Fsp3) is 0.189. The van der Waals surface area contributed by atoms with Crippen LogP contribution in [0.15, 0.2) is 152 Å². The van der Waals surface area contributed by atoms with Crippen LogP contribution in [0, 0.1) is 0 Å². The summed E-state index contributed by atoms with van der Waals surface area (Å²) in [5.74, 6) is 0. The van der Waals surface area contributed by atoms with Crippen molar-refractivity contribution in [1.29, 1.82) is 0 Å². The molecule has 4 heteroatoms. The molecule has 0 fully saturated rings. The molecule has 41 heavy (non-hydrogen) atoms. The highest BCUT2D eigenvalue weighted by atomic mass is 16.6. The van der Waals surface area contributed by atoms with Gasteiger partial charge >= 0.3 is 0 Å². The van der Waals surface area contributed by atoms with Crippen LogP contribution in [-0.2, 0) is 33.0 Å². The van der Waals surface area contributed by atoms with Crippen molar-refractivity contribution < 1.29 is 19.3 Å². The van der Waals surface area contributed by atoms with E-state index in [0.717, 1.165) is 27.8 Å². The van der Waals surface area contributed by atoms with Gasteiger partial charge in [-0.25, -0.2) is 0 Å². The van der Waals surface area contributed by atoms with E-state index < -0.39 is 17.8 Å². The Bertz CT molecular complexity index is 1310. The predicted octanol–water partition coefficient (Wildman–Crippen LogP) is 7.16. The standard InChI is InChI=1S/C37H36O4/c38-35(36(40-27-31-18-8-2-9-19-31)29-39-26-30-16-6-1-7-17-30)28-41-37(32-20-10-3-11-21-32,33-22-12-4-13-23-33)34-24-14-5-15-25-34/h1-25,35-36,38H,26-29H2/t35-,36-/m0/s1. The zero-order valence-electron chi connectivity index (χ0n) is 23.1. The van der Waals surface area contributed by atoms with Gasteiger partial charge in [0.05, 0.1) is 26.4 Å². The lowest BCUT2D eigenvalue weighted by Gasteiger charge is -2.37. The first-order valence-corrected chi connectivity index (χ1v) is 14.0. The number of aliphatic hydroxyl groups excluding tert-OH is 1. The smallest absolute Gasteiger partial charge is 0.143 e. The van der Waals surface area contributed by atoms with Gasteiger partial charge in [0.25, 0.3) is 0 Å². The second-order valence-corrected chi connectivity index (χ2v) is 9.99. The number of hydrogen-bond acceptors (Lipinski definition) is 4. The highest BCUT2D eigenvalue weighted by molar-refractivity contribution is 5.47. The number of rotatable bonds is 14. The molecule has 1 N–H and O–H groups in total. The molecule has 5 aromatic carbocycles. The molecule has 5 aromatic rings. The average Bonchev–Trinajstić information content (AvgIpc) is 3.05. The van der Waals surface area contributed by atoms with Gasteiger partial charge in [0, 0.05) is 0 Å². The summed E-state index contributed by atoms with van der Waals surface area (Å²) >= 11 is 0. The van der Waals surface area contributed by atoms with Crippen LogP contribution >= 0.6 is 0 Å². The minimum Gasteiger partial charge on any atom is -0.388 e. The van der Waals surface area contributed by atoms with Crippen LogP contribution in [0.5, 0.6) is 0 Å². The van der Waals surface area contributed by atoms with E-state index in [4.69, 9.17) is 14.2 Å². The van der Waals surface area contributed by atoms with Gasteiger partial charge in [0.15, 0.2) is 0 Å². The third kappa shape index (κ3) is 7.37. The van der Waals surface area contributed by atoms with Crippen LogP contribution in [0.3, 0.4) is 0 Å². The molecule has 0 amide bonds. The third-order valence-electron chi connectivity index (χ3n) is 7.14. The minimum atomic E-state index is -0.940. The van der Waals surface area contributed by atoms with Gasteiger partial charge in [0.1, 0.15) is 17.8 Å². The fourth-order valence-corrected chi connectivity index (χ4v) is 5.00. The van der Waals surface area contributed by atoms with Crippen molar-refractivity contribution in [2.45, 2.75) is 31.0 Å². The van der Waals surface area contributed by atoms with E-state index in [2.05, 4.69) is 36.4 Å². The first-order chi connectivity index (χ1) is 20.3. The van der Waals surface area contributed by atoms with Gasteiger partial charge < -0.3 is 19.3 Å². The molecule has 0 aromatic heterocycles. The second kappa shape index (κ2) is 14.5. The summed E-state index contributed by atoms with van der Waals surface area (Å²) in [5.41, 5.74) is 4.10. The average molecular weight is 545 g/mol. The first-order valence-electron chi connectivity index (χ1n) is 14.0. The van der Waals surface area contributed by atoms with Crippen molar-refractivity contribution in [2.75, 3.05) is 13.2 Å². The molecule has 0 aliphatic heterocycles. The van der Waals surface area contributed by atoms with Gasteiger partial charge in [-0.3, -0.25) is 0 Å². The fourth-order valence-electron chi connectivity index (χ4n) is 5.00. The van der Waals surface area contributed by atoms with E-state index in [9.17, 15) is 5.11 Å². The number of ether oxygens (including phenoxy) is 3. The normalized spacial score (nSPS) is 13.0. The molecule has 0 saturated carbocycles. The maximum absolute atomic E-state index is 11.6. The summed E-state index contributed by atoms with van der Waals surface area (Å²) in [6.45, 7) is 1.05. The molecule has 0 radical (unpaired) electrons. The quantitative estimate of drug-likeness (QED) is 0.151. The molecule has 5 rings (SSSR count). The Morgan fingerprint density at radius 3 is 1.32 bits per heavy atom. The second-order valence-electron chi connectivity index (χ2n) is 9.99. The maximum atomic E-state index is 11.6. The molecule has 0 aliphatic carbocycles. The highest BCUT2D eigenvalue weighted by Gasteiger charge is 2.38. The summed E-state index contributed by atoms with van der Waals surface area (Å²) in [6.07, 6.45) is -1.54. The summed E-state index contributed by atoms with van der Waals surface area (Å²) in [5, 5.41) is 11.6. The van der Waals surface area contributed by atoms with Gasteiger partial charge in [-0.2, -0.15) is 0 Å². The SMILES string of the molecule is O[C@@H](COC(c1ccccc1)(c1ccccc1)c1ccccc1)[C@H](COCc1ccccc1)OCc1ccccc1. The molecular formula is C37H36O4. The number of aliphatic hydroxyl groups is 1. The van der Waals surface area contributed by atoms with Crippen LogP contribution in [0.1, 0.15) is 27.8 Å². The lowest BCUT2D eigenvalue weighted by Crippen LogP contribution is -2.41. The van der Waals surface area contributed by atoms with Crippen molar-refractivity contribution in [1.82, 2.24) is 0 Å². The summed E-state index contributed by atoms with van der Waals surface area (Å²) in [4.78, 5) is 0. The molecule has 0 bridgehead atoms. The Hall–Kier alpha value is -4.06. The third-order valence-corrected chi connectivity index (χ3v) is 7.14. The van der Waals surface area contributed by atoms with E-state index in [1.54, 1.807) is 0 Å². The number of benzene rings is 5. The Balaban J connectivity index is 1.40. The minimum absolute atomic E-state index is 0.0346. The zero-order valence-corrected chi connectivity index (χ0v) is 23.1. The Morgan fingerprint density at radius 1 is 0.488 bits per heavy atom. The molecule has 208 valence electrons. The van der Waals surface area contributed by atoms with Crippen LogP contribution in [0.4, 0.5) is 0 Å². The van der Waals surface area contributed by atoms with Crippen molar-refractivity contribution >= 4 is 0 Å². The largest absolute Gasteiger partial charge is 0.388 e. The molecule has 0 saturated heterocycles. The molecule has 0 aliphatic rings. The van der Waals surface area contributed by atoms with Gasteiger partial charge in [-0.05, 0) is 27.8 Å². The van der Waals surface area contributed by atoms with E-state index >= 15 is 0 Å². The molecule has 0 spiro atoms. The molecule has 0 heterocycles. The Kier molecular flexibility index (Phi) is 10.1. The summed E-state index contributed by atoms with van der Waals surface area (Å²) in [7, 11) is 0. The molecule has 4 nitrogen and oxygen atoms in total. The Labute approximate surface area is 242 Å². The highest BCUT2D eigenvalue weighted by Crippen LogP contribution is 2.40. The lowest BCUT2D eigenvalue weighted by molar-refractivity contribution is -0.126. The van der Waals surface area contributed by atoms with Crippen molar-refractivity contribution in [3.05, 3.63) is 179 Å². The van der Waals surface area contributed by atoms with Crippen LogP contribution in [0.2, 0.25) is 0 Å². The predicted molar refractivity (Wildman–Crippen MR) is 162 cm³/mol. The van der Waals surface area contributed by atoms with Crippen LogP contribution in [-0.4, -0.2) is 30.5 Å². The van der Waals surface area contributed by atoms with Gasteiger partial charge in [-0.1, -0.05) is 152 Å². The van der Waals surface area contributed by atoms with Crippen LogP contribution in [0.25, 0.3) is 0 Å². The number of hydrogen-bond donors (Lipinski definition) is 1.